The zero-order valence-electron chi connectivity index (χ0n) is 17.0. The van der Waals surface area contributed by atoms with Crippen LogP contribution in [0.4, 0.5) is 5.69 Å². The van der Waals surface area contributed by atoms with E-state index in [1.807, 2.05) is 36.4 Å². The summed E-state index contributed by atoms with van der Waals surface area (Å²) in [5.74, 6) is 0.854. The van der Waals surface area contributed by atoms with Crippen molar-refractivity contribution in [1.82, 2.24) is 9.55 Å². The van der Waals surface area contributed by atoms with Crippen molar-refractivity contribution in [3.05, 3.63) is 75.7 Å². The number of aromatic nitrogens is 2. The second-order valence-corrected chi connectivity index (χ2v) is 8.35. The van der Waals surface area contributed by atoms with Crippen LogP contribution < -0.4 is 11.0 Å². The van der Waals surface area contributed by atoms with E-state index in [9.17, 15) is 9.59 Å². The monoisotopic (exact) mass is 423 g/mol. The molecule has 0 saturated heterocycles. The van der Waals surface area contributed by atoms with E-state index < -0.39 is 0 Å². The highest BCUT2D eigenvalue weighted by molar-refractivity contribution is 8.00. The molecule has 2 heterocycles. The van der Waals surface area contributed by atoms with E-state index in [2.05, 4.69) is 17.2 Å². The number of carbonyl (C=O) groups excluding carboxylic acids is 1. The molecule has 0 bridgehead atoms. The fourth-order valence-corrected chi connectivity index (χ4v) is 4.62. The van der Waals surface area contributed by atoms with E-state index in [-0.39, 0.29) is 17.3 Å². The number of benzene rings is 1. The molecule has 30 heavy (non-hydrogen) atoms. The Labute approximate surface area is 179 Å². The molecule has 1 amide bonds. The van der Waals surface area contributed by atoms with Gasteiger partial charge in [-0.3, -0.25) is 9.36 Å². The first-order valence-electron chi connectivity index (χ1n) is 10.3. The standard InChI is InChI=1S/C23H25N3O3S/c1-2-16-9-11-17(12-10-16)24-21(27)15-30-22-19-7-3-4-8-20(19)26(23(28)25-22)14-18-6-5-13-29-18/h5-6,9-13H,2-4,7-8,14-15H2,1H3,(H,24,27). The SMILES string of the molecule is CCc1ccc(NC(=O)CSc2nc(=O)n(Cc3ccco3)c3c2CCCC3)cc1. The molecule has 1 aliphatic carbocycles. The molecular weight excluding hydrogens is 398 g/mol. The van der Waals surface area contributed by atoms with Crippen molar-refractivity contribution < 1.29 is 9.21 Å². The van der Waals surface area contributed by atoms with Crippen LogP contribution in [0.25, 0.3) is 0 Å². The van der Waals surface area contributed by atoms with Crippen LogP contribution in [0.2, 0.25) is 0 Å². The highest BCUT2D eigenvalue weighted by atomic mass is 32.2. The zero-order chi connectivity index (χ0) is 20.9. The van der Waals surface area contributed by atoms with Crippen molar-refractivity contribution in [3.63, 3.8) is 0 Å². The molecule has 1 aromatic carbocycles. The first kappa shape index (κ1) is 20.5. The Bertz CT molecular complexity index is 1070. The van der Waals surface area contributed by atoms with Crippen LogP contribution in [0.1, 0.15) is 42.3 Å². The second kappa shape index (κ2) is 9.34. The van der Waals surface area contributed by atoms with Crippen LogP contribution in [0.3, 0.4) is 0 Å². The van der Waals surface area contributed by atoms with E-state index in [4.69, 9.17) is 4.42 Å². The van der Waals surface area contributed by atoms with Gasteiger partial charge in [0.1, 0.15) is 10.8 Å². The lowest BCUT2D eigenvalue weighted by atomic mass is 9.97. The number of hydrogen-bond acceptors (Lipinski definition) is 5. The fraction of sp³-hybridized carbons (Fsp3) is 0.348. The number of aryl methyl sites for hydroxylation is 1. The maximum absolute atomic E-state index is 12.7. The fourth-order valence-electron chi connectivity index (χ4n) is 3.74. The molecule has 0 aliphatic heterocycles. The van der Waals surface area contributed by atoms with Crippen LogP contribution in [-0.2, 0) is 30.6 Å². The Morgan fingerprint density at radius 2 is 2.00 bits per heavy atom. The zero-order valence-corrected chi connectivity index (χ0v) is 17.8. The molecule has 1 aliphatic rings. The molecule has 156 valence electrons. The first-order valence-corrected chi connectivity index (χ1v) is 11.3. The molecular formula is C23H25N3O3S. The van der Waals surface area contributed by atoms with Crippen LogP contribution in [0, 0.1) is 0 Å². The van der Waals surface area contributed by atoms with Crippen molar-refractivity contribution in [2.75, 3.05) is 11.1 Å². The minimum Gasteiger partial charge on any atom is -0.467 e. The van der Waals surface area contributed by atoms with Crippen LogP contribution >= 0.6 is 11.8 Å². The molecule has 0 spiro atoms. The average Bonchev–Trinajstić information content (AvgIpc) is 3.28. The van der Waals surface area contributed by atoms with Gasteiger partial charge in [0, 0.05) is 16.9 Å². The second-order valence-electron chi connectivity index (χ2n) is 7.38. The number of amides is 1. The number of nitrogens with one attached hydrogen (secondary N) is 1. The highest BCUT2D eigenvalue weighted by Crippen LogP contribution is 2.29. The van der Waals surface area contributed by atoms with Crippen molar-refractivity contribution in [3.8, 4) is 0 Å². The van der Waals surface area contributed by atoms with Gasteiger partial charge < -0.3 is 9.73 Å². The number of thioether (sulfide) groups is 1. The smallest absolute Gasteiger partial charge is 0.349 e. The Balaban J connectivity index is 1.49. The predicted molar refractivity (Wildman–Crippen MR) is 118 cm³/mol. The maximum Gasteiger partial charge on any atom is 0.349 e. The van der Waals surface area contributed by atoms with E-state index >= 15 is 0 Å². The van der Waals surface area contributed by atoms with Gasteiger partial charge in [-0.2, -0.15) is 4.98 Å². The van der Waals surface area contributed by atoms with E-state index in [0.29, 0.717) is 11.6 Å². The number of hydrogen-bond donors (Lipinski definition) is 1. The third-order valence-electron chi connectivity index (χ3n) is 5.33. The lowest BCUT2D eigenvalue weighted by Gasteiger charge is -2.22. The number of nitrogens with zero attached hydrogens (tertiary/aromatic N) is 2. The summed E-state index contributed by atoms with van der Waals surface area (Å²) >= 11 is 1.34. The molecule has 3 aromatic rings. The minimum absolute atomic E-state index is 0.102. The van der Waals surface area contributed by atoms with Gasteiger partial charge in [0.15, 0.2) is 0 Å². The van der Waals surface area contributed by atoms with Gasteiger partial charge in [0.05, 0.1) is 18.6 Å². The van der Waals surface area contributed by atoms with Gasteiger partial charge in [-0.15, -0.1) is 0 Å². The predicted octanol–water partition coefficient (Wildman–Crippen LogP) is 4.06. The van der Waals surface area contributed by atoms with Crippen LogP contribution in [0.5, 0.6) is 0 Å². The van der Waals surface area contributed by atoms with Crippen LogP contribution in [-0.4, -0.2) is 21.2 Å². The van der Waals surface area contributed by atoms with Gasteiger partial charge in [-0.1, -0.05) is 30.8 Å². The van der Waals surface area contributed by atoms with E-state index in [1.54, 1.807) is 10.8 Å². The molecule has 6 nitrogen and oxygen atoms in total. The Kier molecular flexibility index (Phi) is 6.38. The molecule has 2 aromatic heterocycles. The third kappa shape index (κ3) is 4.67. The van der Waals surface area contributed by atoms with Gasteiger partial charge in [-0.25, -0.2) is 4.79 Å². The summed E-state index contributed by atoms with van der Waals surface area (Å²) in [5, 5.41) is 3.60. The summed E-state index contributed by atoms with van der Waals surface area (Å²) in [6, 6.07) is 11.5. The quantitative estimate of drug-likeness (QED) is 0.458. The Hall–Kier alpha value is -2.80. The molecule has 0 radical (unpaired) electrons. The number of furan rings is 1. The topological polar surface area (TPSA) is 77.1 Å². The molecule has 0 saturated carbocycles. The highest BCUT2D eigenvalue weighted by Gasteiger charge is 2.21. The van der Waals surface area contributed by atoms with Crippen molar-refractivity contribution >= 4 is 23.4 Å². The molecule has 4 rings (SSSR count). The molecule has 0 fully saturated rings. The lowest BCUT2D eigenvalue weighted by molar-refractivity contribution is -0.113. The minimum atomic E-state index is -0.287. The molecule has 1 N–H and O–H groups in total. The van der Waals surface area contributed by atoms with E-state index in [0.717, 1.165) is 54.8 Å². The maximum atomic E-state index is 12.7. The van der Waals surface area contributed by atoms with Crippen molar-refractivity contribution in [2.24, 2.45) is 0 Å². The van der Waals surface area contributed by atoms with Gasteiger partial charge in [0.2, 0.25) is 5.91 Å². The number of anilines is 1. The number of rotatable bonds is 7. The normalized spacial score (nSPS) is 13.1. The summed E-state index contributed by atoms with van der Waals surface area (Å²) in [7, 11) is 0. The summed E-state index contributed by atoms with van der Waals surface area (Å²) < 4.78 is 7.13. The molecule has 7 heteroatoms. The van der Waals surface area contributed by atoms with Gasteiger partial charge in [0.25, 0.3) is 0 Å². The Morgan fingerprint density at radius 1 is 1.20 bits per heavy atom. The third-order valence-corrected chi connectivity index (χ3v) is 6.35. The summed E-state index contributed by atoms with van der Waals surface area (Å²) in [6.45, 7) is 2.49. The first-order chi connectivity index (χ1) is 14.6. The van der Waals surface area contributed by atoms with Crippen molar-refractivity contribution in [2.45, 2.75) is 50.6 Å². The van der Waals surface area contributed by atoms with Crippen molar-refractivity contribution in [1.29, 1.82) is 0 Å². The summed E-state index contributed by atoms with van der Waals surface area (Å²) in [5.41, 5.74) is 3.84. The summed E-state index contributed by atoms with van der Waals surface area (Å²) in [4.78, 5) is 29.5. The molecule has 0 unspecified atom stereocenters. The van der Waals surface area contributed by atoms with E-state index in [1.165, 1.54) is 17.3 Å². The average molecular weight is 424 g/mol. The van der Waals surface area contributed by atoms with Crippen LogP contribution in [0.15, 0.2) is 56.9 Å². The Morgan fingerprint density at radius 3 is 2.73 bits per heavy atom. The number of fused-ring (bicyclic) bond motifs is 1. The van der Waals surface area contributed by atoms with Gasteiger partial charge in [-0.05, 0) is 61.9 Å². The number of carbonyl (C=O) groups is 1. The molecule has 0 atom stereocenters. The summed E-state index contributed by atoms with van der Waals surface area (Å²) in [6.07, 6.45) is 6.41. The van der Waals surface area contributed by atoms with Gasteiger partial charge >= 0.3 is 5.69 Å². The largest absolute Gasteiger partial charge is 0.467 e. The lowest BCUT2D eigenvalue weighted by Crippen LogP contribution is -2.30.